The van der Waals surface area contributed by atoms with E-state index in [2.05, 4.69) is 19.9 Å². The van der Waals surface area contributed by atoms with Gasteiger partial charge in [-0.1, -0.05) is 19.9 Å². The molecule has 0 aliphatic carbocycles. The van der Waals surface area contributed by atoms with E-state index in [4.69, 9.17) is 9.47 Å². The van der Waals surface area contributed by atoms with Crippen LogP contribution >= 0.6 is 0 Å². The van der Waals surface area contributed by atoms with Gasteiger partial charge in [0, 0.05) is 6.07 Å². The quantitative estimate of drug-likeness (QED) is 0.736. The van der Waals surface area contributed by atoms with E-state index in [1.165, 1.54) is 5.56 Å². The van der Waals surface area contributed by atoms with Gasteiger partial charge in [0.1, 0.15) is 11.5 Å². The zero-order valence-electron chi connectivity index (χ0n) is 10.0. The number of hydrogen-bond donors (Lipinski definition) is 0. The third-order valence-electron chi connectivity index (χ3n) is 2.22. The van der Waals surface area contributed by atoms with Gasteiger partial charge in [-0.25, -0.2) is 0 Å². The Morgan fingerprint density at radius 3 is 2.27 bits per heavy atom. The Hall–Kier alpha value is -1.18. The molecule has 0 saturated carbocycles. The summed E-state index contributed by atoms with van der Waals surface area (Å²) in [6, 6.07) is 6.06. The van der Waals surface area contributed by atoms with E-state index in [0.717, 1.165) is 11.5 Å². The van der Waals surface area contributed by atoms with Crippen LogP contribution < -0.4 is 9.47 Å². The molecule has 0 aliphatic heterocycles. The lowest BCUT2D eigenvalue weighted by atomic mass is 10.0. The van der Waals surface area contributed by atoms with Crippen molar-refractivity contribution in [3.63, 3.8) is 0 Å². The molecule has 0 aliphatic rings. The zero-order valence-corrected chi connectivity index (χ0v) is 10.0. The monoisotopic (exact) mass is 208 g/mol. The molecule has 0 saturated heterocycles. The molecule has 0 fully saturated rings. The topological polar surface area (TPSA) is 18.5 Å². The van der Waals surface area contributed by atoms with Crippen LogP contribution in [0.15, 0.2) is 18.2 Å². The first-order valence-electron chi connectivity index (χ1n) is 5.58. The van der Waals surface area contributed by atoms with Crippen molar-refractivity contribution < 1.29 is 9.47 Å². The highest BCUT2D eigenvalue weighted by Crippen LogP contribution is 2.30. The van der Waals surface area contributed by atoms with Crippen LogP contribution in [0.1, 0.15) is 39.2 Å². The molecule has 0 atom stereocenters. The zero-order chi connectivity index (χ0) is 11.3. The Balaban J connectivity index is 2.97. The van der Waals surface area contributed by atoms with Crippen molar-refractivity contribution in [2.45, 2.75) is 33.6 Å². The Labute approximate surface area is 92.2 Å². The summed E-state index contributed by atoms with van der Waals surface area (Å²) in [6.07, 6.45) is 0. The lowest BCUT2D eigenvalue weighted by Crippen LogP contribution is -1.99. The maximum Gasteiger partial charge on any atom is 0.126 e. The normalized spacial score (nSPS) is 10.5. The van der Waals surface area contributed by atoms with Gasteiger partial charge in [-0.05, 0) is 31.4 Å². The van der Waals surface area contributed by atoms with Crippen LogP contribution in [0.2, 0.25) is 0 Å². The first kappa shape index (κ1) is 11.9. The smallest absolute Gasteiger partial charge is 0.126 e. The van der Waals surface area contributed by atoms with Gasteiger partial charge in [0.15, 0.2) is 0 Å². The fraction of sp³-hybridized carbons (Fsp3) is 0.538. The van der Waals surface area contributed by atoms with Crippen molar-refractivity contribution in [3.05, 3.63) is 23.8 Å². The lowest BCUT2D eigenvalue weighted by Gasteiger charge is -2.14. The van der Waals surface area contributed by atoms with Crippen LogP contribution in [0, 0.1) is 0 Å². The molecule has 0 aromatic heterocycles. The molecule has 1 aromatic carbocycles. The van der Waals surface area contributed by atoms with Gasteiger partial charge in [0.05, 0.1) is 13.2 Å². The molecule has 0 heterocycles. The highest BCUT2D eigenvalue weighted by molar-refractivity contribution is 5.42. The molecule has 0 radical (unpaired) electrons. The van der Waals surface area contributed by atoms with Crippen LogP contribution in [0.3, 0.4) is 0 Å². The summed E-state index contributed by atoms with van der Waals surface area (Å²) in [4.78, 5) is 0. The van der Waals surface area contributed by atoms with Crippen LogP contribution in [-0.2, 0) is 0 Å². The molecule has 0 unspecified atom stereocenters. The highest BCUT2D eigenvalue weighted by Gasteiger charge is 2.08. The molecule has 0 spiro atoms. The van der Waals surface area contributed by atoms with Gasteiger partial charge in [-0.2, -0.15) is 0 Å². The van der Waals surface area contributed by atoms with Crippen LogP contribution in [0.4, 0.5) is 0 Å². The molecule has 2 nitrogen and oxygen atoms in total. The predicted octanol–water partition coefficient (Wildman–Crippen LogP) is 3.61. The Morgan fingerprint density at radius 1 is 1.07 bits per heavy atom. The molecule has 0 amide bonds. The lowest BCUT2D eigenvalue weighted by molar-refractivity contribution is 0.320. The van der Waals surface area contributed by atoms with Gasteiger partial charge < -0.3 is 9.47 Å². The van der Waals surface area contributed by atoms with Gasteiger partial charge in [0.25, 0.3) is 0 Å². The number of ether oxygens (including phenoxy) is 2. The molecular weight excluding hydrogens is 188 g/mol. The summed E-state index contributed by atoms with van der Waals surface area (Å²) < 4.78 is 11.1. The van der Waals surface area contributed by atoms with Crippen LogP contribution in [-0.4, -0.2) is 13.2 Å². The second-order valence-corrected chi connectivity index (χ2v) is 3.72. The average Bonchev–Trinajstić information content (AvgIpc) is 2.18. The van der Waals surface area contributed by atoms with Crippen molar-refractivity contribution in [2.24, 2.45) is 0 Å². The molecule has 15 heavy (non-hydrogen) atoms. The van der Waals surface area contributed by atoms with E-state index in [1.807, 2.05) is 26.0 Å². The van der Waals surface area contributed by atoms with E-state index in [0.29, 0.717) is 19.1 Å². The maximum absolute atomic E-state index is 5.61. The number of hydrogen-bond acceptors (Lipinski definition) is 2. The van der Waals surface area contributed by atoms with Crippen LogP contribution in [0.25, 0.3) is 0 Å². The average molecular weight is 208 g/mol. The van der Waals surface area contributed by atoms with Crippen molar-refractivity contribution in [3.8, 4) is 11.5 Å². The minimum atomic E-state index is 0.474. The van der Waals surface area contributed by atoms with Crippen molar-refractivity contribution in [2.75, 3.05) is 13.2 Å². The second-order valence-electron chi connectivity index (χ2n) is 3.72. The summed E-state index contributed by atoms with van der Waals surface area (Å²) in [5.74, 6) is 2.30. The molecule has 0 N–H and O–H groups in total. The Kier molecular flexibility index (Phi) is 4.47. The third-order valence-corrected chi connectivity index (χ3v) is 2.22. The minimum absolute atomic E-state index is 0.474. The standard InChI is InChI=1S/C13H20O2/c1-5-14-11-7-8-12(10(3)4)13(9-11)15-6-2/h7-10H,5-6H2,1-4H3. The molecule has 1 aromatic rings. The van der Waals surface area contributed by atoms with Gasteiger partial charge in [-0.3, -0.25) is 0 Å². The number of rotatable bonds is 5. The first-order chi connectivity index (χ1) is 7.19. The highest BCUT2D eigenvalue weighted by atomic mass is 16.5. The van der Waals surface area contributed by atoms with E-state index < -0.39 is 0 Å². The van der Waals surface area contributed by atoms with E-state index in [1.54, 1.807) is 0 Å². The van der Waals surface area contributed by atoms with E-state index in [-0.39, 0.29) is 0 Å². The Bertz CT molecular complexity index is 305. The minimum Gasteiger partial charge on any atom is -0.494 e. The van der Waals surface area contributed by atoms with Gasteiger partial charge in [0.2, 0.25) is 0 Å². The fourth-order valence-electron chi connectivity index (χ4n) is 1.53. The third kappa shape index (κ3) is 3.15. The summed E-state index contributed by atoms with van der Waals surface area (Å²) in [5, 5.41) is 0. The first-order valence-corrected chi connectivity index (χ1v) is 5.58. The number of benzene rings is 1. The summed E-state index contributed by atoms with van der Waals surface area (Å²) >= 11 is 0. The fourth-order valence-corrected chi connectivity index (χ4v) is 1.53. The van der Waals surface area contributed by atoms with E-state index in [9.17, 15) is 0 Å². The predicted molar refractivity (Wildman–Crippen MR) is 62.9 cm³/mol. The molecule has 2 heteroatoms. The SMILES string of the molecule is CCOc1ccc(C(C)C)c(OCC)c1. The maximum atomic E-state index is 5.61. The molecule has 1 rings (SSSR count). The summed E-state index contributed by atoms with van der Waals surface area (Å²) in [5.41, 5.74) is 1.24. The van der Waals surface area contributed by atoms with Crippen LogP contribution in [0.5, 0.6) is 11.5 Å². The summed E-state index contributed by atoms with van der Waals surface area (Å²) in [7, 11) is 0. The van der Waals surface area contributed by atoms with Crippen molar-refractivity contribution >= 4 is 0 Å². The van der Waals surface area contributed by atoms with Gasteiger partial charge >= 0.3 is 0 Å². The molecular formula is C13H20O2. The molecule has 0 bridgehead atoms. The van der Waals surface area contributed by atoms with Crippen molar-refractivity contribution in [1.29, 1.82) is 0 Å². The Morgan fingerprint density at radius 2 is 1.73 bits per heavy atom. The largest absolute Gasteiger partial charge is 0.494 e. The van der Waals surface area contributed by atoms with Crippen molar-refractivity contribution in [1.82, 2.24) is 0 Å². The van der Waals surface area contributed by atoms with Gasteiger partial charge in [-0.15, -0.1) is 0 Å². The second kappa shape index (κ2) is 5.64. The molecule has 84 valence electrons. The van der Waals surface area contributed by atoms with E-state index >= 15 is 0 Å². The summed E-state index contributed by atoms with van der Waals surface area (Å²) in [6.45, 7) is 9.69.